The number of hydrogen-bond donors (Lipinski definition) is 0. The molecule has 0 radical (unpaired) electrons. The molecule has 0 aromatic carbocycles. The van der Waals surface area contributed by atoms with Crippen molar-refractivity contribution in [3.8, 4) is 0 Å². The predicted molar refractivity (Wildman–Crippen MR) is 50.9 cm³/mol. The van der Waals surface area contributed by atoms with Crippen LogP contribution >= 0.6 is 11.6 Å². The van der Waals surface area contributed by atoms with Crippen molar-refractivity contribution in [1.29, 1.82) is 0 Å². The Balaban J connectivity index is 2.61. The van der Waals surface area contributed by atoms with Crippen LogP contribution in [0.25, 0.3) is 0 Å². The van der Waals surface area contributed by atoms with E-state index in [4.69, 9.17) is 11.6 Å². The molecule has 0 atom stereocenters. The van der Waals surface area contributed by atoms with Gasteiger partial charge in [0, 0.05) is 12.4 Å². The van der Waals surface area contributed by atoms with E-state index in [0.717, 1.165) is 0 Å². The minimum Gasteiger partial charge on any atom is -0.292 e. The highest BCUT2D eigenvalue weighted by atomic mass is 35.5. The SMILES string of the molecule is CC(C)OOC(=O)c1cncc(Cl)c1. The summed E-state index contributed by atoms with van der Waals surface area (Å²) in [6.45, 7) is 3.51. The highest BCUT2D eigenvalue weighted by Gasteiger charge is 2.10. The number of carbonyl (C=O) groups is 1. The maximum atomic E-state index is 11.3. The van der Waals surface area contributed by atoms with E-state index in [-0.39, 0.29) is 11.7 Å². The number of aromatic nitrogens is 1. The van der Waals surface area contributed by atoms with E-state index >= 15 is 0 Å². The number of halogens is 1. The Hall–Kier alpha value is -1.13. The Morgan fingerprint density at radius 1 is 1.50 bits per heavy atom. The van der Waals surface area contributed by atoms with Crippen LogP contribution in [-0.4, -0.2) is 17.1 Å². The topological polar surface area (TPSA) is 48.4 Å². The maximum absolute atomic E-state index is 11.3. The average molecular weight is 216 g/mol. The Labute approximate surface area is 86.7 Å². The van der Waals surface area contributed by atoms with Crippen molar-refractivity contribution < 1.29 is 14.6 Å². The minimum absolute atomic E-state index is 0.175. The standard InChI is InChI=1S/C9H10ClNO3/c1-6(2)13-14-9(12)7-3-8(10)5-11-4-7/h3-6H,1-2H3. The largest absolute Gasteiger partial charge is 0.374 e. The highest BCUT2D eigenvalue weighted by molar-refractivity contribution is 6.30. The molecule has 5 heteroatoms. The van der Waals surface area contributed by atoms with E-state index in [2.05, 4.69) is 14.8 Å². The highest BCUT2D eigenvalue weighted by Crippen LogP contribution is 2.09. The molecule has 4 nitrogen and oxygen atoms in total. The zero-order valence-electron chi connectivity index (χ0n) is 7.86. The first-order chi connectivity index (χ1) is 6.59. The predicted octanol–water partition coefficient (Wildman–Crippen LogP) is 2.23. The van der Waals surface area contributed by atoms with Gasteiger partial charge < -0.3 is 0 Å². The van der Waals surface area contributed by atoms with Gasteiger partial charge >= 0.3 is 5.97 Å². The second kappa shape index (κ2) is 4.93. The molecule has 1 aromatic rings. The number of nitrogens with zero attached hydrogens (tertiary/aromatic N) is 1. The molecule has 0 saturated heterocycles. The first kappa shape index (κ1) is 10.9. The maximum Gasteiger partial charge on any atom is 0.374 e. The minimum atomic E-state index is -0.603. The molecule has 0 N–H and O–H groups in total. The van der Waals surface area contributed by atoms with Crippen molar-refractivity contribution in [2.24, 2.45) is 0 Å². The zero-order valence-corrected chi connectivity index (χ0v) is 8.62. The molecule has 76 valence electrons. The van der Waals surface area contributed by atoms with Gasteiger partial charge in [0.25, 0.3) is 0 Å². The van der Waals surface area contributed by atoms with Gasteiger partial charge in [0.1, 0.15) is 0 Å². The fourth-order valence-corrected chi connectivity index (χ4v) is 0.885. The number of pyridine rings is 1. The van der Waals surface area contributed by atoms with Gasteiger partial charge in [0.2, 0.25) is 0 Å². The number of rotatable bonds is 3. The van der Waals surface area contributed by atoms with Gasteiger partial charge in [-0.3, -0.25) is 9.87 Å². The lowest BCUT2D eigenvalue weighted by atomic mass is 10.3. The fraction of sp³-hybridized carbons (Fsp3) is 0.333. The Kier molecular flexibility index (Phi) is 3.85. The van der Waals surface area contributed by atoms with Crippen molar-refractivity contribution in [3.05, 3.63) is 29.0 Å². The quantitative estimate of drug-likeness (QED) is 0.573. The molecule has 1 rings (SSSR count). The van der Waals surface area contributed by atoms with Crippen LogP contribution in [0.15, 0.2) is 18.5 Å². The zero-order chi connectivity index (χ0) is 10.6. The molecule has 0 aliphatic carbocycles. The van der Waals surface area contributed by atoms with Crippen molar-refractivity contribution >= 4 is 17.6 Å². The van der Waals surface area contributed by atoms with E-state index in [9.17, 15) is 4.79 Å². The first-order valence-corrected chi connectivity index (χ1v) is 4.45. The number of hydrogen-bond acceptors (Lipinski definition) is 4. The molecule has 0 saturated carbocycles. The van der Waals surface area contributed by atoms with Gasteiger partial charge in [0.15, 0.2) is 0 Å². The third kappa shape index (κ3) is 3.32. The lowest BCUT2D eigenvalue weighted by Crippen LogP contribution is -2.10. The average Bonchev–Trinajstić information content (AvgIpc) is 2.14. The van der Waals surface area contributed by atoms with Gasteiger partial charge in [0.05, 0.1) is 16.7 Å². The molecular formula is C9H10ClNO3. The summed E-state index contributed by atoms with van der Waals surface area (Å²) in [4.78, 5) is 24.2. The molecule has 0 aliphatic rings. The molecule has 1 heterocycles. The Bertz CT molecular complexity index is 328. The second-order valence-electron chi connectivity index (χ2n) is 2.91. The molecule has 14 heavy (non-hydrogen) atoms. The fourth-order valence-electron chi connectivity index (χ4n) is 0.712. The smallest absolute Gasteiger partial charge is 0.292 e. The molecule has 0 aliphatic heterocycles. The van der Waals surface area contributed by atoms with E-state index in [1.54, 1.807) is 13.8 Å². The van der Waals surface area contributed by atoms with Crippen molar-refractivity contribution in [2.45, 2.75) is 20.0 Å². The van der Waals surface area contributed by atoms with Crippen LogP contribution in [0.2, 0.25) is 5.02 Å². The van der Waals surface area contributed by atoms with Crippen LogP contribution in [0.4, 0.5) is 0 Å². The molecule has 0 amide bonds. The molecule has 0 bridgehead atoms. The second-order valence-corrected chi connectivity index (χ2v) is 3.34. The van der Waals surface area contributed by atoms with Crippen LogP contribution < -0.4 is 0 Å². The molecule has 0 spiro atoms. The van der Waals surface area contributed by atoms with Gasteiger partial charge in [-0.15, -0.1) is 0 Å². The van der Waals surface area contributed by atoms with Crippen molar-refractivity contribution in [3.63, 3.8) is 0 Å². The summed E-state index contributed by atoms with van der Waals surface area (Å²) in [5, 5.41) is 0.379. The van der Waals surface area contributed by atoms with Crippen LogP contribution in [0.3, 0.4) is 0 Å². The van der Waals surface area contributed by atoms with Crippen molar-refractivity contribution in [2.75, 3.05) is 0 Å². The normalized spacial score (nSPS) is 10.3. The van der Waals surface area contributed by atoms with Gasteiger partial charge in [-0.2, -0.15) is 4.89 Å². The molecule has 0 unspecified atom stereocenters. The van der Waals surface area contributed by atoms with E-state index in [0.29, 0.717) is 5.02 Å². The van der Waals surface area contributed by atoms with Crippen molar-refractivity contribution in [1.82, 2.24) is 4.98 Å². The van der Waals surface area contributed by atoms with Gasteiger partial charge in [-0.25, -0.2) is 4.79 Å². The summed E-state index contributed by atoms with van der Waals surface area (Å²) in [5.74, 6) is -0.603. The van der Waals surface area contributed by atoms with Gasteiger partial charge in [-0.05, 0) is 19.9 Å². The van der Waals surface area contributed by atoms with Crippen LogP contribution in [0, 0.1) is 0 Å². The van der Waals surface area contributed by atoms with Crippen LogP contribution in [0.5, 0.6) is 0 Å². The lowest BCUT2D eigenvalue weighted by Gasteiger charge is -2.05. The third-order valence-electron chi connectivity index (χ3n) is 1.26. The van der Waals surface area contributed by atoms with E-state index in [1.807, 2.05) is 0 Å². The molecule has 0 fully saturated rings. The summed E-state index contributed by atoms with van der Waals surface area (Å²) in [6.07, 6.45) is 2.62. The summed E-state index contributed by atoms with van der Waals surface area (Å²) in [6, 6.07) is 1.46. The third-order valence-corrected chi connectivity index (χ3v) is 1.46. The monoisotopic (exact) mass is 215 g/mol. The summed E-state index contributed by atoms with van der Waals surface area (Å²) in [7, 11) is 0. The van der Waals surface area contributed by atoms with Crippen LogP contribution in [-0.2, 0) is 9.78 Å². The number of carbonyl (C=O) groups excluding carboxylic acids is 1. The lowest BCUT2D eigenvalue weighted by molar-refractivity contribution is -0.265. The summed E-state index contributed by atoms with van der Waals surface area (Å²) < 4.78 is 0. The summed E-state index contributed by atoms with van der Waals surface area (Å²) >= 11 is 5.64. The first-order valence-electron chi connectivity index (χ1n) is 4.08. The Morgan fingerprint density at radius 3 is 2.79 bits per heavy atom. The van der Waals surface area contributed by atoms with Gasteiger partial charge in [-0.1, -0.05) is 11.6 Å². The van der Waals surface area contributed by atoms with E-state index in [1.165, 1.54) is 18.5 Å². The van der Waals surface area contributed by atoms with Crippen LogP contribution in [0.1, 0.15) is 24.2 Å². The Morgan fingerprint density at radius 2 is 2.21 bits per heavy atom. The van der Waals surface area contributed by atoms with E-state index < -0.39 is 5.97 Å². The molecule has 1 aromatic heterocycles. The summed E-state index contributed by atoms with van der Waals surface area (Å²) in [5.41, 5.74) is 0.262. The molecular weight excluding hydrogens is 206 g/mol.